The van der Waals surface area contributed by atoms with Crippen molar-refractivity contribution in [1.29, 1.82) is 0 Å². The first-order valence-electron chi connectivity index (χ1n) is 10.3. The number of imidazole rings is 1. The van der Waals surface area contributed by atoms with Crippen molar-refractivity contribution in [3.05, 3.63) is 30.4 Å². The smallest absolute Gasteiger partial charge is 0.203 e. The summed E-state index contributed by atoms with van der Waals surface area (Å²) in [5.74, 6) is 2.02. The van der Waals surface area contributed by atoms with E-state index in [1.807, 2.05) is 19.1 Å². The maximum absolute atomic E-state index is 10.4. The van der Waals surface area contributed by atoms with Crippen LogP contribution < -0.4 is 19.5 Å². The Morgan fingerprint density at radius 1 is 1.06 bits per heavy atom. The Hall–Kier alpha value is -3.19. The molecule has 0 saturated carbocycles. The molecule has 3 heterocycles. The lowest BCUT2D eigenvalue weighted by Gasteiger charge is -2.19. The minimum Gasteiger partial charge on any atom is -0.493 e. The van der Waals surface area contributed by atoms with Crippen molar-refractivity contribution >= 4 is 17.0 Å². The third-order valence-corrected chi connectivity index (χ3v) is 5.69. The van der Waals surface area contributed by atoms with Crippen LogP contribution >= 0.6 is 0 Å². The van der Waals surface area contributed by atoms with E-state index in [9.17, 15) is 15.3 Å². The highest BCUT2D eigenvalue weighted by atomic mass is 16.6. The number of ether oxygens (including phenoxy) is 4. The minimum absolute atomic E-state index is 0.226. The van der Waals surface area contributed by atoms with Crippen molar-refractivity contribution in [2.75, 3.05) is 33.3 Å². The zero-order valence-electron chi connectivity index (χ0n) is 18.7. The molecule has 2 aromatic heterocycles. The summed E-state index contributed by atoms with van der Waals surface area (Å²) in [5, 5.41) is 33.1. The lowest BCUT2D eigenvalue weighted by molar-refractivity contribution is -0.0511. The van der Waals surface area contributed by atoms with E-state index in [1.54, 1.807) is 21.3 Å². The topological polar surface area (TPSA) is 153 Å². The monoisotopic (exact) mass is 461 g/mol. The summed E-state index contributed by atoms with van der Waals surface area (Å²) in [4.78, 5) is 13.0. The Morgan fingerprint density at radius 2 is 1.76 bits per heavy atom. The molecule has 1 aliphatic rings. The molecule has 0 spiro atoms. The summed E-state index contributed by atoms with van der Waals surface area (Å²) in [7, 11) is 4.65. The summed E-state index contributed by atoms with van der Waals surface area (Å²) < 4.78 is 23.4. The fourth-order valence-electron chi connectivity index (χ4n) is 3.89. The number of methoxy groups -OCH3 is 3. The van der Waals surface area contributed by atoms with Crippen LogP contribution in [0.2, 0.25) is 0 Å². The Kier molecular flexibility index (Phi) is 6.51. The molecule has 1 saturated heterocycles. The highest BCUT2D eigenvalue weighted by molar-refractivity contribution is 5.83. The van der Waals surface area contributed by atoms with E-state index >= 15 is 0 Å². The lowest BCUT2D eigenvalue weighted by atomic mass is 10.1. The summed E-state index contributed by atoms with van der Waals surface area (Å²) in [6.45, 7) is 1.52. The number of anilines is 1. The molecule has 4 rings (SSSR count). The van der Waals surface area contributed by atoms with Gasteiger partial charge in [-0.2, -0.15) is 0 Å². The first-order chi connectivity index (χ1) is 15.9. The van der Waals surface area contributed by atoms with Crippen molar-refractivity contribution in [3.63, 3.8) is 0 Å². The molecule has 12 nitrogen and oxygen atoms in total. The van der Waals surface area contributed by atoms with Gasteiger partial charge < -0.3 is 39.6 Å². The maximum atomic E-state index is 10.4. The Balaban J connectivity index is 1.64. The number of hydrogen-bond donors (Lipinski definition) is 4. The molecule has 3 aromatic rings. The van der Waals surface area contributed by atoms with E-state index in [2.05, 4.69) is 20.3 Å². The Bertz CT molecular complexity index is 1100. The molecule has 1 aliphatic heterocycles. The number of rotatable bonds is 8. The van der Waals surface area contributed by atoms with Crippen LogP contribution in [0.3, 0.4) is 0 Å². The average molecular weight is 461 g/mol. The molecule has 1 aromatic carbocycles. The van der Waals surface area contributed by atoms with Gasteiger partial charge in [-0.05, 0) is 24.6 Å². The van der Waals surface area contributed by atoms with Gasteiger partial charge in [0.05, 0.1) is 40.3 Å². The molecule has 0 amide bonds. The number of hydrogen-bond acceptors (Lipinski definition) is 11. The molecule has 0 radical (unpaired) electrons. The van der Waals surface area contributed by atoms with Gasteiger partial charge >= 0.3 is 0 Å². The largest absolute Gasteiger partial charge is 0.493 e. The van der Waals surface area contributed by atoms with Crippen LogP contribution in [0.1, 0.15) is 24.8 Å². The predicted octanol–water partition coefficient (Wildman–Crippen LogP) is 0.637. The predicted molar refractivity (Wildman–Crippen MR) is 116 cm³/mol. The maximum Gasteiger partial charge on any atom is 0.203 e. The van der Waals surface area contributed by atoms with Gasteiger partial charge in [0.2, 0.25) is 5.75 Å². The third kappa shape index (κ3) is 4.02. The van der Waals surface area contributed by atoms with Gasteiger partial charge in [-0.3, -0.25) is 4.57 Å². The molecule has 0 aliphatic carbocycles. The van der Waals surface area contributed by atoms with E-state index in [-0.39, 0.29) is 6.04 Å². The van der Waals surface area contributed by atoms with Gasteiger partial charge in [0.15, 0.2) is 34.7 Å². The average Bonchev–Trinajstić information content (AvgIpc) is 3.39. The summed E-state index contributed by atoms with van der Waals surface area (Å²) in [5.41, 5.74) is 1.72. The third-order valence-electron chi connectivity index (χ3n) is 5.69. The zero-order chi connectivity index (χ0) is 23.7. The van der Waals surface area contributed by atoms with E-state index in [1.165, 1.54) is 17.2 Å². The lowest BCUT2D eigenvalue weighted by Crippen LogP contribution is -2.33. The van der Waals surface area contributed by atoms with E-state index < -0.39 is 31.1 Å². The molecule has 0 bridgehead atoms. The van der Waals surface area contributed by atoms with Crippen LogP contribution in [0.5, 0.6) is 17.2 Å². The molecule has 178 valence electrons. The molecular formula is C21H27N5O7. The van der Waals surface area contributed by atoms with Gasteiger partial charge in [-0.15, -0.1) is 0 Å². The number of nitrogens with zero attached hydrogens (tertiary/aromatic N) is 4. The van der Waals surface area contributed by atoms with Crippen molar-refractivity contribution in [2.24, 2.45) is 0 Å². The summed E-state index contributed by atoms with van der Waals surface area (Å²) >= 11 is 0. The standard InChI is InChI=1S/C21H27N5O7/c1-10(11-5-12(30-2)18(32-4)13(6-11)31-3)25-19-15-20(23-8-22-19)26(9-24-15)21-17(29)16(28)14(7-27)33-21/h5-6,8-10,14,16-17,21,27-29H,7H2,1-4H3,(H,22,23,25)/t10?,14-,16?,17?,21-/m1/s1. The number of aromatic nitrogens is 4. The second-order valence-corrected chi connectivity index (χ2v) is 7.60. The Labute approximate surface area is 189 Å². The molecule has 3 unspecified atom stereocenters. The molecule has 5 atom stereocenters. The van der Waals surface area contributed by atoms with Crippen LogP contribution in [-0.2, 0) is 4.74 Å². The van der Waals surface area contributed by atoms with E-state index in [4.69, 9.17) is 18.9 Å². The fourth-order valence-corrected chi connectivity index (χ4v) is 3.89. The number of aliphatic hydroxyl groups excluding tert-OH is 3. The molecular weight excluding hydrogens is 434 g/mol. The second kappa shape index (κ2) is 9.35. The van der Waals surface area contributed by atoms with Gasteiger partial charge in [0.25, 0.3) is 0 Å². The van der Waals surface area contributed by atoms with Crippen LogP contribution in [-0.4, -0.2) is 81.1 Å². The van der Waals surface area contributed by atoms with E-state index in [0.717, 1.165) is 5.56 Å². The Morgan fingerprint density at radius 3 is 2.33 bits per heavy atom. The van der Waals surface area contributed by atoms with Crippen molar-refractivity contribution in [3.8, 4) is 17.2 Å². The second-order valence-electron chi connectivity index (χ2n) is 7.60. The van der Waals surface area contributed by atoms with Crippen LogP contribution in [0.4, 0.5) is 5.82 Å². The molecule has 12 heteroatoms. The molecule has 33 heavy (non-hydrogen) atoms. The zero-order valence-corrected chi connectivity index (χ0v) is 18.7. The number of aliphatic hydroxyl groups is 3. The SMILES string of the molecule is COc1cc(C(C)Nc2ncnc3c2ncn3[C@@H]2O[C@H](CO)C(O)C2O)cc(OC)c1OC. The number of nitrogens with one attached hydrogen (secondary N) is 1. The first-order valence-corrected chi connectivity index (χ1v) is 10.3. The van der Waals surface area contributed by atoms with Crippen LogP contribution in [0.15, 0.2) is 24.8 Å². The number of fused-ring (bicyclic) bond motifs is 1. The van der Waals surface area contributed by atoms with E-state index in [0.29, 0.717) is 34.2 Å². The summed E-state index contributed by atoms with van der Waals surface area (Å²) in [6.07, 6.45) is -1.50. The van der Waals surface area contributed by atoms with Gasteiger partial charge in [-0.25, -0.2) is 15.0 Å². The molecule has 1 fully saturated rings. The number of benzene rings is 1. The van der Waals surface area contributed by atoms with Gasteiger partial charge in [-0.1, -0.05) is 0 Å². The van der Waals surface area contributed by atoms with Gasteiger partial charge in [0.1, 0.15) is 24.6 Å². The quantitative estimate of drug-likeness (QED) is 0.374. The van der Waals surface area contributed by atoms with Crippen molar-refractivity contribution < 1.29 is 34.3 Å². The fraction of sp³-hybridized carbons (Fsp3) is 0.476. The molecule has 4 N–H and O–H groups in total. The summed E-state index contributed by atoms with van der Waals surface area (Å²) in [6, 6.07) is 3.46. The van der Waals surface area contributed by atoms with Crippen LogP contribution in [0, 0.1) is 0 Å². The van der Waals surface area contributed by atoms with Gasteiger partial charge in [0, 0.05) is 0 Å². The van der Waals surface area contributed by atoms with Crippen LogP contribution in [0.25, 0.3) is 11.2 Å². The minimum atomic E-state index is -1.25. The normalized spacial score (nSPS) is 23.5. The highest BCUT2D eigenvalue weighted by Gasteiger charge is 2.44. The first kappa shape index (κ1) is 23.0. The van der Waals surface area contributed by atoms with Crippen molar-refractivity contribution in [1.82, 2.24) is 19.5 Å². The highest BCUT2D eigenvalue weighted by Crippen LogP contribution is 2.40. The van der Waals surface area contributed by atoms with Crippen molar-refractivity contribution in [2.45, 2.75) is 37.5 Å².